The first kappa shape index (κ1) is 9.74. The Bertz CT molecular complexity index is 140. The Balaban J connectivity index is 0.000000218. The molecule has 0 unspecified atom stereocenters. The Hall–Kier alpha value is -1.26. The molecule has 0 saturated heterocycles. The van der Waals surface area contributed by atoms with E-state index in [2.05, 4.69) is 0 Å². The van der Waals surface area contributed by atoms with E-state index in [0.29, 0.717) is 6.04 Å². The highest BCUT2D eigenvalue weighted by Crippen LogP contribution is 2.23. The van der Waals surface area contributed by atoms with Crippen molar-refractivity contribution in [3.05, 3.63) is 0 Å². The van der Waals surface area contributed by atoms with Crippen LogP contribution in [0.4, 0.5) is 4.79 Å². The lowest BCUT2D eigenvalue weighted by Crippen LogP contribution is -2.17. The van der Waals surface area contributed by atoms with Crippen LogP contribution in [0, 0.1) is 0 Å². The first-order valence-electron chi connectivity index (χ1n) is 3.17. The molecule has 0 radical (unpaired) electrons. The maximum atomic E-state index is 9.91. The van der Waals surface area contributed by atoms with Crippen LogP contribution in [0.1, 0.15) is 12.8 Å². The molecule has 1 rings (SSSR count). The van der Waals surface area contributed by atoms with E-state index in [1.807, 2.05) is 7.05 Å². The standard InChI is InChI=1S/C5H9NO.CH2O3/c1-6(4-7)5-2-3-5;2-1(3)4/h4-5H,2-3H2,1H3;(H2,2,3,4). The third-order valence-corrected chi connectivity index (χ3v) is 1.29. The largest absolute Gasteiger partial charge is 0.503 e. The van der Waals surface area contributed by atoms with Gasteiger partial charge >= 0.3 is 6.16 Å². The second-order valence-electron chi connectivity index (χ2n) is 2.28. The van der Waals surface area contributed by atoms with Crippen LogP contribution in [0.5, 0.6) is 0 Å². The van der Waals surface area contributed by atoms with Crippen LogP contribution in [0.3, 0.4) is 0 Å². The molecule has 11 heavy (non-hydrogen) atoms. The van der Waals surface area contributed by atoms with Crippen LogP contribution >= 0.6 is 0 Å². The summed E-state index contributed by atoms with van der Waals surface area (Å²) in [6.45, 7) is 0. The summed E-state index contributed by atoms with van der Waals surface area (Å²) in [6, 6.07) is 0.581. The zero-order chi connectivity index (χ0) is 8.85. The molecule has 64 valence electrons. The van der Waals surface area contributed by atoms with Gasteiger partial charge in [-0.1, -0.05) is 0 Å². The van der Waals surface area contributed by atoms with Crippen molar-refractivity contribution in [1.82, 2.24) is 4.90 Å². The smallest absolute Gasteiger partial charge is 0.450 e. The average Bonchev–Trinajstić information content (AvgIpc) is 2.66. The quantitative estimate of drug-likeness (QED) is 0.576. The Kier molecular flexibility index (Phi) is 4.02. The number of nitrogens with zero attached hydrogens (tertiary/aromatic N) is 1. The summed E-state index contributed by atoms with van der Waals surface area (Å²) in [7, 11) is 1.82. The number of hydrogen-bond donors (Lipinski definition) is 2. The van der Waals surface area contributed by atoms with Crippen LogP contribution < -0.4 is 0 Å². The van der Waals surface area contributed by atoms with Gasteiger partial charge < -0.3 is 15.1 Å². The fourth-order valence-electron chi connectivity index (χ4n) is 0.568. The number of hydrogen-bond acceptors (Lipinski definition) is 2. The van der Waals surface area contributed by atoms with Crippen molar-refractivity contribution in [2.45, 2.75) is 18.9 Å². The number of carbonyl (C=O) groups is 2. The summed E-state index contributed by atoms with van der Waals surface area (Å²) in [5, 5.41) is 13.9. The van der Waals surface area contributed by atoms with Crippen molar-refractivity contribution < 1.29 is 19.8 Å². The lowest BCUT2D eigenvalue weighted by atomic mass is 10.6. The highest BCUT2D eigenvalue weighted by molar-refractivity contribution is 5.53. The van der Waals surface area contributed by atoms with Crippen molar-refractivity contribution in [2.75, 3.05) is 7.05 Å². The summed E-state index contributed by atoms with van der Waals surface area (Å²) in [5.74, 6) is 0. The maximum Gasteiger partial charge on any atom is 0.503 e. The number of rotatable bonds is 2. The summed E-state index contributed by atoms with van der Waals surface area (Å²) >= 11 is 0. The first-order chi connectivity index (χ1) is 5.07. The van der Waals surface area contributed by atoms with E-state index < -0.39 is 6.16 Å². The van der Waals surface area contributed by atoms with E-state index in [4.69, 9.17) is 15.0 Å². The van der Waals surface area contributed by atoms with Gasteiger partial charge in [0.05, 0.1) is 0 Å². The predicted molar refractivity (Wildman–Crippen MR) is 37.5 cm³/mol. The van der Waals surface area contributed by atoms with Crippen LogP contribution in [0.15, 0.2) is 0 Å². The second-order valence-corrected chi connectivity index (χ2v) is 2.28. The van der Waals surface area contributed by atoms with Crippen LogP contribution in [-0.4, -0.2) is 40.8 Å². The van der Waals surface area contributed by atoms with Crippen molar-refractivity contribution in [3.63, 3.8) is 0 Å². The average molecular weight is 161 g/mol. The second kappa shape index (κ2) is 4.54. The van der Waals surface area contributed by atoms with Crippen molar-refractivity contribution in [1.29, 1.82) is 0 Å². The van der Waals surface area contributed by atoms with Gasteiger partial charge in [-0.15, -0.1) is 0 Å². The molecule has 0 aromatic rings. The molecule has 0 spiro atoms. The molecule has 5 heteroatoms. The first-order valence-corrected chi connectivity index (χ1v) is 3.17. The summed E-state index contributed by atoms with van der Waals surface area (Å²) in [4.78, 5) is 20.2. The normalized spacial score (nSPS) is 14.3. The summed E-state index contributed by atoms with van der Waals surface area (Å²) in [5.41, 5.74) is 0. The van der Waals surface area contributed by atoms with Crippen LogP contribution in [0.2, 0.25) is 0 Å². The molecular weight excluding hydrogens is 150 g/mol. The fourth-order valence-corrected chi connectivity index (χ4v) is 0.568. The number of carbonyl (C=O) groups excluding carboxylic acids is 1. The van der Waals surface area contributed by atoms with E-state index in [0.717, 1.165) is 6.41 Å². The molecule has 1 fully saturated rings. The molecular formula is C6H11NO4. The monoisotopic (exact) mass is 161 g/mol. The van der Waals surface area contributed by atoms with Crippen molar-refractivity contribution in [3.8, 4) is 0 Å². The topological polar surface area (TPSA) is 77.8 Å². The third-order valence-electron chi connectivity index (χ3n) is 1.29. The molecule has 0 atom stereocenters. The van der Waals surface area contributed by atoms with Crippen molar-refractivity contribution >= 4 is 12.6 Å². The molecule has 5 nitrogen and oxygen atoms in total. The Morgan fingerprint density at radius 3 is 2.00 bits per heavy atom. The van der Waals surface area contributed by atoms with E-state index in [1.54, 1.807) is 4.90 Å². The molecule has 0 aromatic heterocycles. The van der Waals surface area contributed by atoms with Gasteiger partial charge in [0.25, 0.3) is 0 Å². The van der Waals surface area contributed by atoms with Gasteiger partial charge in [-0.3, -0.25) is 4.79 Å². The minimum atomic E-state index is -1.83. The minimum Gasteiger partial charge on any atom is -0.450 e. The van der Waals surface area contributed by atoms with Gasteiger partial charge in [-0.05, 0) is 12.8 Å². The molecule has 1 aliphatic rings. The number of carboxylic acid groups (broad SMARTS) is 2. The zero-order valence-corrected chi connectivity index (χ0v) is 6.23. The van der Waals surface area contributed by atoms with Crippen LogP contribution in [-0.2, 0) is 4.79 Å². The summed E-state index contributed by atoms with van der Waals surface area (Å²) in [6.07, 6.45) is 1.46. The minimum absolute atomic E-state index is 0.581. The fraction of sp³-hybridized carbons (Fsp3) is 0.667. The third kappa shape index (κ3) is 6.63. The lowest BCUT2D eigenvalue weighted by Gasteiger charge is -2.05. The maximum absolute atomic E-state index is 9.91. The van der Waals surface area contributed by atoms with E-state index in [9.17, 15) is 4.79 Å². The van der Waals surface area contributed by atoms with E-state index in [1.165, 1.54) is 12.8 Å². The molecule has 0 heterocycles. The lowest BCUT2D eigenvalue weighted by molar-refractivity contribution is -0.117. The molecule has 0 aliphatic heterocycles. The van der Waals surface area contributed by atoms with E-state index >= 15 is 0 Å². The molecule has 1 amide bonds. The van der Waals surface area contributed by atoms with Crippen molar-refractivity contribution in [2.24, 2.45) is 0 Å². The highest BCUT2D eigenvalue weighted by atomic mass is 16.6. The van der Waals surface area contributed by atoms with Gasteiger partial charge in [0.1, 0.15) is 0 Å². The Morgan fingerprint density at radius 2 is 1.91 bits per heavy atom. The number of amides is 1. The molecule has 1 aliphatic carbocycles. The Morgan fingerprint density at radius 1 is 1.55 bits per heavy atom. The highest BCUT2D eigenvalue weighted by Gasteiger charge is 2.24. The van der Waals surface area contributed by atoms with Gasteiger partial charge in [0.2, 0.25) is 6.41 Å². The molecule has 1 saturated carbocycles. The molecule has 0 aromatic carbocycles. The van der Waals surface area contributed by atoms with Gasteiger partial charge in [0.15, 0.2) is 0 Å². The van der Waals surface area contributed by atoms with Gasteiger partial charge in [-0.25, -0.2) is 4.79 Å². The SMILES string of the molecule is CN(C=O)C1CC1.O=C(O)O. The van der Waals surface area contributed by atoms with Gasteiger partial charge in [-0.2, -0.15) is 0 Å². The zero-order valence-electron chi connectivity index (χ0n) is 6.23. The molecule has 2 N–H and O–H groups in total. The summed E-state index contributed by atoms with van der Waals surface area (Å²) < 4.78 is 0. The van der Waals surface area contributed by atoms with Crippen LogP contribution in [0.25, 0.3) is 0 Å². The predicted octanol–water partition coefficient (Wildman–Crippen LogP) is 0.459. The Labute approximate surface area is 64.2 Å². The molecule has 0 bridgehead atoms. The van der Waals surface area contributed by atoms with Gasteiger partial charge in [0, 0.05) is 13.1 Å². The van der Waals surface area contributed by atoms with E-state index in [-0.39, 0.29) is 0 Å².